The molecule has 0 unspecified atom stereocenters. The third kappa shape index (κ3) is 5.24. The van der Waals surface area contributed by atoms with Gasteiger partial charge in [0.05, 0.1) is 35.2 Å². The van der Waals surface area contributed by atoms with Crippen molar-refractivity contribution in [2.75, 3.05) is 17.2 Å². The highest BCUT2D eigenvalue weighted by atomic mass is 32.2. The molecule has 37 heavy (non-hydrogen) atoms. The molecule has 2 amide bonds. The zero-order chi connectivity index (χ0) is 26.2. The molecule has 7 nitrogen and oxygen atoms in total. The van der Waals surface area contributed by atoms with Crippen molar-refractivity contribution in [1.29, 1.82) is 0 Å². The number of hydrogen-bond donors (Lipinski definition) is 1. The summed E-state index contributed by atoms with van der Waals surface area (Å²) in [5, 5.41) is 9.99. The van der Waals surface area contributed by atoms with Crippen LogP contribution in [0.4, 0.5) is 5.82 Å². The fraction of sp³-hybridized carbons (Fsp3) is 0.321. The highest BCUT2D eigenvalue weighted by molar-refractivity contribution is 8.00. The summed E-state index contributed by atoms with van der Waals surface area (Å²) in [7, 11) is 0. The number of carbonyl (C=O) groups excluding carboxylic acids is 2. The van der Waals surface area contributed by atoms with E-state index in [4.69, 9.17) is 9.52 Å². The van der Waals surface area contributed by atoms with Crippen molar-refractivity contribution in [3.05, 3.63) is 87.6 Å². The number of nitrogens with zero attached hydrogens (tertiary/aromatic N) is 3. The summed E-state index contributed by atoms with van der Waals surface area (Å²) in [6, 6.07) is 15.8. The van der Waals surface area contributed by atoms with Crippen molar-refractivity contribution in [1.82, 2.24) is 15.1 Å². The molecular weight excluding hydrogens is 504 g/mol. The first-order chi connectivity index (χ1) is 17.7. The summed E-state index contributed by atoms with van der Waals surface area (Å²) in [5.41, 5.74) is 3.62. The van der Waals surface area contributed by atoms with Crippen LogP contribution in [-0.2, 0) is 21.5 Å². The first-order valence-corrected chi connectivity index (χ1v) is 14.1. The molecule has 0 saturated carbocycles. The Bertz CT molecular complexity index is 1380. The fourth-order valence-electron chi connectivity index (χ4n) is 4.40. The average molecular weight is 535 g/mol. The smallest absolute Gasteiger partial charge is 0.240 e. The molecule has 5 rings (SSSR count). The molecule has 0 saturated heterocycles. The van der Waals surface area contributed by atoms with E-state index >= 15 is 0 Å². The SMILES string of the molecule is Cc1ccc(-n2nc(C(C)(C)C)c3c2N(CC(=O)NCc2ccco2)C(=O)CS[C@@H]3c2cccs2)cc1. The van der Waals surface area contributed by atoms with Crippen LogP contribution in [0.3, 0.4) is 0 Å². The molecule has 0 fully saturated rings. The largest absolute Gasteiger partial charge is 0.467 e. The van der Waals surface area contributed by atoms with Gasteiger partial charge < -0.3 is 9.73 Å². The molecule has 1 aliphatic rings. The van der Waals surface area contributed by atoms with E-state index in [9.17, 15) is 9.59 Å². The van der Waals surface area contributed by atoms with E-state index in [2.05, 4.69) is 37.5 Å². The van der Waals surface area contributed by atoms with Gasteiger partial charge in [0.15, 0.2) is 0 Å². The number of anilines is 1. The van der Waals surface area contributed by atoms with Crippen LogP contribution < -0.4 is 10.2 Å². The Morgan fingerprint density at radius 2 is 1.95 bits per heavy atom. The Morgan fingerprint density at radius 3 is 2.59 bits per heavy atom. The minimum Gasteiger partial charge on any atom is -0.467 e. The number of benzene rings is 1. The lowest BCUT2D eigenvalue weighted by molar-refractivity contribution is -0.123. The Hall–Kier alpha value is -3.30. The van der Waals surface area contributed by atoms with Crippen molar-refractivity contribution in [2.24, 2.45) is 0 Å². The van der Waals surface area contributed by atoms with E-state index in [1.807, 2.05) is 41.9 Å². The fourth-order valence-corrected chi connectivity index (χ4v) is 6.58. The molecule has 3 aromatic heterocycles. The molecule has 1 aromatic carbocycles. The van der Waals surface area contributed by atoms with Gasteiger partial charge in [0.2, 0.25) is 11.8 Å². The molecule has 1 N–H and O–H groups in total. The molecule has 0 spiro atoms. The summed E-state index contributed by atoms with van der Waals surface area (Å²) in [4.78, 5) is 29.5. The molecule has 1 aliphatic heterocycles. The van der Waals surface area contributed by atoms with Gasteiger partial charge in [0, 0.05) is 15.9 Å². The highest BCUT2D eigenvalue weighted by Crippen LogP contribution is 2.49. The quantitative estimate of drug-likeness (QED) is 0.347. The first kappa shape index (κ1) is 25.4. The van der Waals surface area contributed by atoms with E-state index in [0.29, 0.717) is 11.6 Å². The number of aromatic nitrogens is 2. The molecule has 0 aliphatic carbocycles. The maximum Gasteiger partial charge on any atom is 0.240 e. The van der Waals surface area contributed by atoms with Gasteiger partial charge >= 0.3 is 0 Å². The van der Waals surface area contributed by atoms with Crippen LogP contribution in [0.15, 0.2) is 64.6 Å². The Morgan fingerprint density at radius 1 is 1.16 bits per heavy atom. The molecule has 4 heterocycles. The zero-order valence-corrected chi connectivity index (χ0v) is 23.0. The monoisotopic (exact) mass is 534 g/mol. The Kier molecular flexibility index (Phi) is 7.00. The van der Waals surface area contributed by atoms with Crippen LogP contribution in [0, 0.1) is 6.92 Å². The standard InChI is InChI=1S/C28H30N4O3S2/c1-18-9-11-19(12-10-18)32-27-24(26(30-32)28(2,3)4)25(21-8-6-14-36-21)37-17-23(34)31(27)16-22(33)29-15-20-7-5-13-35-20/h5-14,25H,15-17H2,1-4H3,(H,29,33)/t25-/m1/s1. The van der Waals surface area contributed by atoms with Crippen LogP contribution in [-0.4, -0.2) is 33.9 Å². The van der Waals surface area contributed by atoms with Gasteiger partial charge in [-0.05, 0) is 42.6 Å². The summed E-state index contributed by atoms with van der Waals surface area (Å²) in [5.74, 6) is 1.20. The second-order valence-electron chi connectivity index (χ2n) is 10.1. The van der Waals surface area contributed by atoms with Crippen molar-refractivity contribution in [3.8, 4) is 5.69 Å². The van der Waals surface area contributed by atoms with Crippen LogP contribution in [0.1, 0.15) is 53.5 Å². The summed E-state index contributed by atoms with van der Waals surface area (Å²) < 4.78 is 7.19. The van der Waals surface area contributed by atoms with Gasteiger partial charge in [-0.2, -0.15) is 5.10 Å². The van der Waals surface area contributed by atoms with E-state index < -0.39 is 0 Å². The van der Waals surface area contributed by atoms with Gasteiger partial charge in [-0.15, -0.1) is 23.1 Å². The van der Waals surface area contributed by atoms with Crippen LogP contribution >= 0.6 is 23.1 Å². The molecule has 1 atom stereocenters. The van der Waals surface area contributed by atoms with E-state index in [-0.39, 0.29) is 41.3 Å². The van der Waals surface area contributed by atoms with Gasteiger partial charge in [-0.25, -0.2) is 4.68 Å². The molecular formula is C28H30N4O3S2. The number of rotatable bonds is 6. The lowest BCUT2D eigenvalue weighted by Crippen LogP contribution is -2.42. The molecule has 0 bridgehead atoms. The second kappa shape index (κ2) is 10.2. The second-order valence-corrected chi connectivity index (χ2v) is 12.2. The zero-order valence-electron chi connectivity index (χ0n) is 21.4. The maximum atomic E-state index is 13.6. The number of carbonyl (C=O) groups is 2. The van der Waals surface area contributed by atoms with Crippen LogP contribution in [0.25, 0.3) is 5.69 Å². The summed E-state index contributed by atoms with van der Waals surface area (Å²) >= 11 is 3.27. The number of nitrogens with one attached hydrogen (secondary N) is 1. The van der Waals surface area contributed by atoms with Crippen molar-refractivity contribution in [3.63, 3.8) is 0 Å². The average Bonchev–Trinajstić information content (AvgIpc) is 3.62. The normalized spacial score (nSPS) is 15.9. The van der Waals surface area contributed by atoms with Gasteiger partial charge in [0.1, 0.15) is 18.1 Å². The third-order valence-electron chi connectivity index (χ3n) is 6.22. The van der Waals surface area contributed by atoms with E-state index in [1.54, 1.807) is 46.4 Å². The van der Waals surface area contributed by atoms with Crippen molar-refractivity contribution >= 4 is 40.7 Å². The van der Waals surface area contributed by atoms with Crippen LogP contribution in [0.5, 0.6) is 0 Å². The van der Waals surface area contributed by atoms with Gasteiger partial charge in [-0.3, -0.25) is 14.5 Å². The number of thiophene rings is 1. The van der Waals surface area contributed by atoms with Gasteiger partial charge in [-0.1, -0.05) is 44.5 Å². The van der Waals surface area contributed by atoms with Crippen LogP contribution in [0.2, 0.25) is 0 Å². The predicted octanol–water partition coefficient (Wildman–Crippen LogP) is 5.62. The number of thioether (sulfide) groups is 1. The van der Waals surface area contributed by atoms with Crippen molar-refractivity contribution < 1.29 is 14.0 Å². The molecule has 9 heteroatoms. The Balaban J connectivity index is 1.65. The van der Waals surface area contributed by atoms with Gasteiger partial charge in [0.25, 0.3) is 0 Å². The predicted molar refractivity (Wildman–Crippen MR) is 149 cm³/mol. The summed E-state index contributed by atoms with van der Waals surface area (Å²) in [6.07, 6.45) is 1.57. The maximum absolute atomic E-state index is 13.6. The third-order valence-corrected chi connectivity index (χ3v) is 8.54. The topological polar surface area (TPSA) is 80.4 Å². The van der Waals surface area contributed by atoms with E-state index in [1.165, 1.54) is 0 Å². The lowest BCUT2D eigenvalue weighted by Gasteiger charge is -2.24. The molecule has 0 radical (unpaired) electrons. The summed E-state index contributed by atoms with van der Waals surface area (Å²) in [6.45, 7) is 8.61. The first-order valence-electron chi connectivity index (χ1n) is 12.2. The number of amides is 2. The lowest BCUT2D eigenvalue weighted by atomic mass is 9.88. The molecule has 192 valence electrons. The molecule has 4 aromatic rings. The number of furan rings is 1. The number of fused-ring (bicyclic) bond motifs is 1. The number of hydrogen-bond acceptors (Lipinski definition) is 6. The van der Waals surface area contributed by atoms with Crippen molar-refractivity contribution in [2.45, 2.75) is 44.9 Å². The minimum atomic E-state index is -0.281. The highest BCUT2D eigenvalue weighted by Gasteiger charge is 2.40. The minimum absolute atomic E-state index is 0.0662. The Labute approximate surface area is 224 Å². The number of aryl methyl sites for hydroxylation is 1. The van der Waals surface area contributed by atoms with E-state index in [0.717, 1.165) is 27.4 Å².